The van der Waals surface area contributed by atoms with Gasteiger partial charge in [-0.05, 0) is 23.3 Å². The number of nitrogens with zero attached hydrogens (tertiary/aromatic N) is 6. The van der Waals surface area contributed by atoms with Gasteiger partial charge in [0.2, 0.25) is 0 Å². The first kappa shape index (κ1) is 9.75. The van der Waals surface area contributed by atoms with E-state index in [0.717, 1.165) is 18.8 Å². The molecule has 0 saturated heterocycles. The number of aromatic amines is 1. The predicted octanol–water partition coefficient (Wildman–Crippen LogP) is 0.204. The Balaban J connectivity index is 0.000000144. The first-order valence-corrected chi connectivity index (χ1v) is 5.01. The van der Waals surface area contributed by atoms with Crippen molar-refractivity contribution in [3.8, 4) is 0 Å². The number of fused-ring (bicyclic) bond motifs is 1. The minimum absolute atomic E-state index is 1.00. The zero-order chi connectivity index (χ0) is 10.3. The van der Waals surface area contributed by atoms with E-state index in [1.54, 1.807) is 12.4 Å². The summed E-state index contributed by atoms with van der Waals surface area (Å²) in [5.41, 5.74) is 0. The van der Waals surface area contributed by atoms with Crippen LogP contribution in [0.1, 0.15) is 25.1 Å². The Morgan fingerprint density at radius 3 is 2.73 bits per heavy atom. The van der Waals surface area contributed by atoms with Crippen molar-refractivity contribution in [1.82, 2.24) is 35.6 Å². The van der Waals surface area contributed by atoms with Gasteiger partial charge in [-0.15, -0.1) is 5.10 Å². The molecule has 0 spiro atoms. The molecule has 15 heavy (non-hydrogen) atoms. The predicted molar refractivity (Wildman–Crippen MR) is 51.8 cm³/mol. The third kappa shape index (κ3) is 2.83. The summed E-state index contributed by atoms with van der Waals surface area (Å²) >= 11 is 0. The van der Waals surface area contributed by atoms with E-state index in [1.165, 1.54) is 19.3 Å². The van der Waals surface area contributed by atoms with Gasteiger partial charge in [0.25, 0.3) is 0 Å². The first-order valence-electron chi connectivity index (χ1n) is 5.01. The number of tetrazole rings is 1. The van der Waals surface area contributed by atoms with Gasteiger partial charge in [0.15, 0.2) is 5.82 Å². The third-order valence-corrected chi connectivity index (χ3v) is 2.21. The summed E-state index contributed by atoms with van der Waals surface area (Å²) in [4.78, 5) is 0. The molecule has 0 atom stereocenters. The molecule has 0 fully saturated rings. The second kappa shape index (κ2) is 5.18. The highest BCUT2D eigenvalue weighted by atomic mass is 15.5. The lowest BCUT2D eigenvalue weighted by molar-refractivity contribution is 0.556. The fourth-order valence-corrected chi connectivity index (χ4v) is 1.46. The Kier molecular flexibility index (Phi) is 3.37. The number of nitrogens with one attached hydrogen (secondary N) is 1. The molecular formula is C8H13N7. The summed E-state index contributed by atoms with van der Waals surface area (Å²) in [5, 5.41) is 20.7. The van der Waals surface area contributed by atoms with Gasteiger partial charge in [0, 0.05) is 13.0 Å². The number of hydrogen-bond donors (Lipinski definition) is 1. The van der Waals surface area contributed by atoms with Gasteiger partial charge in [-0.2, -0.15) is 15.4 Å². The van der Waals surface area contributed by atoms with Crippen LogP contribution in [0.3, 0.4) is 0 Å². The van der Waals surface area contributed by atoms with Gasteiger partial charge in [0.1, 0.15) is 0 Å². The van der Waals surface area contributed by atoms with Crippen LogP contribution in [0.25, 0.3) is 0 Å². The maximum atomic E-state index is 3.92. The molecule has 80 valence electrons. The third-order valence-electron chi connectivity index (χ3n) is 2.21. The Labute approximate surface area is 86.9 Å². The Bertz CT molecular complexity index is 328. The molecule has 1 N–H and O–H groups in total. The van der Waals surface area contributed by atoms with Crippen molar-refractivity contribution >= 4 is 0 Å². The molecule has 2 aromatic heterocycles. The van der Waals surface area contributed by atoms with Crippen molar-refractivity contribution in [1.29, 1.82) is 0 Å². The van der Waals surface area contributed by atoms with Gasteiger partial charge in [0.05, 0.1) is 12.4 Å². The molecule has 1 aliphatic heterocycles. The lowest BCUT2D eigenvalue weighted by Gasteiger charge is -1.94. The molecule has 0 saturated carbocycles. The fourth-order valence-electron chi connectivity index (χ4n) is 1.46. The monoisotopic (exact) mass is 207 g/mol. The van der Waals surface area contributed by atoms with Gasteiger partial charge < -0.3 is 0 Å². The summed E-state index contributed by atoms with van der Waals surface area (Å²) in [6, 6.07) is 0. The van der Waals surface area contributed by atoms with Crippen molar-refractivity contribution in [2.45, 2.75) is 32.2 Å². The molecule has 0 unspecified atom stereocenters. The molecule has 2 aromatic rings. The largest absolute Gasteiger partial charge is 0.230 e. The minimum atomic E-state index is 1.00. The van der Waals surface area contributed by atoms with Gasteiger partial charge >= 0.3 is 0 Å². The molecule has 7 nitrogen and oxygen atoms in total. The fraction of sp³-hybridized carbons (Fsp3) is 0.625. The van der Waals surface area contributed by atoms with Crippen LogP contribution >= 0.6 is 0 Å². The normalized spacial score (nSPS) is 14.7. The molecular weight excluding hydrogens is 194 g/mol. The van der Waals surface area contributed by atoms with E-state index in [-0.39, 0.29) is 0 Å². The summed E-state index contributed by atoms with van der Waals surface area (Å²) in [6.07, 6.45) is 7.97. The van der Waals surface area contributed by atoms with Crippen LogP contribution in [0.15, 0.2) is 12.4 Å². The maximum Gasteiger partial charge on any atom is 0.151 e. The highest BCUT2D eigenvalue weighted by Gasteiger charge is 2.08. The van der Waals surface area contributed by atoms with Crippen LogP contribution in [-0.4, -0.2) is 35.6 Å². The molecule has 3 heterocycles. The van der Waals surface area contributed by atoms with Crippen LogP contribution in [0.2, 0.25) is 0 Å². The number of aryl methyl sites for hydroxylation is 2. The Morgan fingerprint density at radius 2 is 2.00 bits per heavy atom. The molecule has 3 rings (SSSR count). The summed E-state index contributed by atoms with van der Waals surface area (Å²) < 4.78 is 1.91. The van der Waals surface area contributed by atoms with Crippen LogP contribution in [-0.2, 0) is 13.0 Å². The molecule has 0 aromatic carbocycles. The van der Waals surface area contributed by atoms with E-state index in [9.17, 15) is 0 Å². The molecule has 0 amide bonds. The zero-order valence-electron chi connectivity index (χ0n) is 8.37. The van der Waals surface area contributed by atoms with Crippen molar-refractivity contribution < 1.29 is 0 Å². The first-order chi connectivity index (χ1) is 7.47. The van der Waals surface area contributed by atoms with Gasteiger partial charge in [-0.1, -0.05) is 6.42 Å². The smallest absolute Gasteiger partial charge is 0.151 e. The van der Waals surface area contributed by atoms with E-state index < -0.39 is 0 Å². The number of rotatable bonds is 0. The Morgan fingerprint density at radius 1 is 1.13 bits per heavy atom. The average molecular weight is 207 g/mol. The molecule has 0 bridgehead atoms. The van der Waals surface area contributed by atoms with Gasteiger partial charge in [-0.3, -0.25) is 0 Å². The molecule has 0 aliphatic carbocycles. The highest BCUT2D eigenvalue weighted by molar-refractivity contribution is 4.82. The number of H-pyrrole nitrogens is 1. The molecule has 0 radical (unpaired) electrons. The topological polar surface area (TPSA) is 85.2 Å². The van der Waals surface area contributed by atoms with E-state index in [0.29, 0.717) is 0 Å². The van der Waals surface area contributed by atoms with E-state index in [4.69, 9.17) is 0 Å². The number of aromatic nitrogens is 7. The quantitative estimate of drug-likeness (QED) is 0.667. The van der Waals surface area contributed by atoms with Crippen LogP contribution in [0, 0.1) is 0 Å². The van der Waals surface area contributed by atoms with Crippen molar-refractivity contribution in [2.24, 2.45) is 0 Å². The van der Waals surface area contributed by atoms with Crippen LogP contribution < -0.4 is 0 Å². The second-order valence-corrected chi connectivity index (χ2v) is 3.29. The van der Waals surface area contributed by atoms with Crippen LogP contribution in [0.5, 0.6) is 0 Å². The number of hydrogen-bond acceptors (Lipinski definition) is 5. The lowest BCUT2D eigenvalue weighted by atomic mass is 10.2. The zero-order valence-corrected chi connectivity index (χ0v) is 8.37. The minimum Gasteiger partial charge on any atom is -0.230 e. The van der Waals surface area contributed by atoms with E-state index >= 15 is 0 Å². The van der Waals surface area contributed by atoms with Gasteiger partial charge in [-0.25, -0.2) is 4.68 Å². The SMILES string of the molecule is C1CCc2nnnn2CC1.c1cn[nH]n1. The van der Waals surface area contributed by atoms with Crippen molar-refractivity contribution in [3.05, 3.63) is 18.2 Å². The van der Waals surface area contributed by atoms with E-state index in [1.807, 2.05) is 4.68 Å². The van der Waals surface area contributed by atoms with Crippen molar-refractivity contribution in [2.75, 3.05) is 0 Å². The van der Waals surface area contributed by atoms with Crippen molar-refractivity contribution in [3.63, 3.8) is 0 Å². The highest BCUT2D eigenvalue weighted by Crippen LogP contribution is 2.09. The molecule has 1 aliphatic rings. The maximum absolute atomic E-state index is 3.92. The summed E-state index contributed by atoms with van der Waals surface area (Å²) in [6.45, 7) is 1.00. The summed E-state index contributed by atoms with van der Waals surface area (Å²) in [5.74, 6) is 1.05. The Hall–Kier alpha value is -1.79. The standard InChI is InChI=1S/C6H10N4.C2H3N3/c1-2-4-6-7-8-9-10(6)5-3-1;1-2-4-5-3-1/h1-5H2;1-2H,(H,3,4,5). The second-order valence-electron chi connectivity index (χ2n) is 3.29. The van der Waals surface area contributed by atoms with Crippen LogP contribution in [0.4, 0.5) is 0 Å². The van der Waals surface area contributed by atoms with E-state index in [2.05, 4.69) is 30.9 Å². The lowest BCUT2D eigenvalue weighted by Crippen LogP contribution is -2.02. The average Bonchev–Trinajstić information content (AvgIpc) is 2.90. The summed E-state index contributed by atoms with van der Waals surface area (Å²) in [7, 11) is 0. The molecule has 7 heteroatoms.